The van der Waals surface area contributed by atoms with Gasteiger partial charge in [0.25, 0.3) is 0 Å². The molecule has 2 fully saturated rings. The van der Waals surface area contributed by atoms with Crippen LogP contribution >= 0.6 is 0 Å². The first kappa shape index (κ1) is 13.3. The van der Waals surface area contributed by atoms with Gasteiger partial charge in [-0.3, -0.25) is 0 Å². The fourth-order valence-corrected chi connectivity index (χ4v) is 3.66. The summed E-state index contributed by atoms with van der Waals surface area (Å²) < 4.78 is 25.5. The van der Waals surface area contributed by atoms with Crippen molar-refractivity contribution in [3.05, 3.63) is 0 Å². The van der Waals surface area contributed by atoms with E-state index in [0.29, 0.717) is 11.8 Å². The first-order chi connectivity index (χ1) is 8.09. The number of rotatable bonds is 6. The van der Waals surface area contributed by atoms with Gasteiger partial charge in [-0.05, 0) is 25.8 Å². The number of sulfonamides is 1. The maximum absolute atomic E-state index is 11.9. The Bertz CT molecular complexity index is 335. The second kappa shape index (κ2) is 5.65. The molecular weight excluding hydrogens is 238 g/mol. The first-order valence-corrected chi connectivity index (χ1v) is 8.09. The average molecular weight is 261 g/mol. The number of nitrogens with one attached hydrogen (secondary N) is 1. The molecule has 1 heterocycles. The van der Waals surface area contributed by atoms with E-state index < -0.39 is 10.0 Å². The van der Waals surface area contributed by atoms with Crippen molar-refractivity contribution in [3.8, 4) is 0 Å². The Balaban J connectivity index is 1.69. The topological polar surface area (TPSA) is 52.7 Å². The monoisotopic (exact) mass is 261 g/mol. The largest absolute Gasteiger partial charge is 0.314 e. The molecule has 0 aromatic rings. The van der Waals surface area contributed by atoms with Gasteiger partial charge in [0, 0.05) is 39.3 Å². The van der Waals surface area contributed by atoms with Crippen molar-refractivity contribution >= 4 is 10.0 Å². The third-order valence-electron chi connectivity index (χ3n) is 3.59. The molecule has 0 atom stereocenters. The molecule has 0 spiro atoms. The summed E-state index contributed by atoms with van der Waals surface area (Å²) in [6.45, 7) is 5.03. The van der Waals surface area contributed by atoms with Crippen LogP contribution in [0.4, 0.5) is 0 Å². The molecule has 0 unspecified atom stereocenters. The lowest BCUT2D eigenvalue weighted by Crippen LogP contribution is -2.44. The zero-order valence-electron chi connectivity index (χ0n) is 10.6. The fraction of sp³-hybridized carbons (Fsp3) is 1.00. The van der Waals surface area contributed by atoms with Crippen LogP contribution in [0, 0.1) is 0 Å². The van der Waals surface area contributed by atoms with Crippen molar-refractivity contribution in [2.45, 2.75) is 25.3 Å². The van der Waals surface area contributed by atoms with E-state index in [9.17, 15) is 8.42 Å². The van der Waals surface area contributed by atoms with E-state index in [1.807, 2.05) is 0 Å². The fourth-order valence-electron chi connectivity index (χ4n) is 2.21. The molecule has 0 amide bonds. The van der Waals surface area contributed by atoms with Crippen molar-refractivity contribution in [2.75, 3.05) is 45.5 Å². The zero-order valence-corrected chi connectivity index (χ0v) is 11.4. The van der Waals surface area contributed by atoms with E-state index >= 15 is 0 Å². The van der Waals surface area contributed by atoms with Crippen molar-refractivity contribution in [2.24, 2.45) is 0 Å². The number of hydrogen-bond donors (Lipinski definition) is 1. The highest BCUT2D eigenvalue weighted by molar-refractivity contribution is 7.89. The van der Waals surface area contributed by atoms with E-state index in [0.717, 1.165) is 52.0 Å². The Morgan fingerprint density at radius 3 is 2.53 bits per heavy atom. The molecule has 6 heteroatoms. The normalized spacial score (nSPS) is 23.2. The minimum Gasteiger partial charge on any atom is -0.314 e. The van der Waals surface area contributed by atoms with Crippen LogP contribution in [0.25, 0.3) is 0 Å². The second-order valence-electron chi connectivity index (χ2n) is 5.01. The molecule has 1 aliphatic carbocycles. The van der Waals surface area contributed by atoms with Crippen LogP contribution in [-0.4, -0.2) is 69.2 Å². The van der Waals surface area contributed by atoms with Gasteiger partial charge in [0.2, 0.25) is 10.0 Å². The third kappa shape index (κ3) is 3.91. The van der Waals surface area contributed by atoms with Gasteiger partial charge in [0.15, 0.2) is 0 Å². The maximum atomic E-state index is 11.9. The van der Waals surface area contributed by atoms with Crippen LogP contribution in [-0.2, 0) is 10.0 Å². The smallest absolute Gasteiger partial charge is 0.214 e. The predicted molar refractivity (Wildman–Crippen MR) is 68.5 cm³/mol. The highest BCUT2D eigenvalue weighted by Crippen LogP contribution is 2.27. The van der Waals surface area contributed by atoms with Crippen LogP contribution in [0.5, 0.6) is 0 Å². The highest BCUT2D eigenvalue weighted by atomic mass is 32.2. The Kier molecular flexibility index (Phi) is 4.41. The summed E-state index contributed by atoms with van der Waals surface area (Å²) in [6, 6.07) is 0.291. The predicted octanol–water partition coefficient (Wildman–Crippen LogP) is -0.294. The van der Waals surface area contributed by atoms with E-state index in [4.69, 9.17) is 0 Å². The highest BCUT2D eigenvalue weighted by Gasteiger charge is 2.33. The van der Waals surface area contributed by atoms with Crippen LogP contribution in [0.2, 0.25) is 0 Å². The molecule has 17 heavy (non-hydrogen) atoms. The Hall–Kier alpha value is -0.170. The minimum absolute atomic E-state index is 0.291. The van der Waals surface area contributed by atoms with E-state index in [-0.39, 0.29) is 0 Å². The Labute approximate surface area is 104 Å². The molecule has 1 saturated heterocycles. The summed E-state index contributed by atoms with van der Waals surface area (Å²) in [7, 11) is -1.29. The van der Waals surface area contributed by atoms with Gasteiger partial charge in [0.1, 0.15) is 0 Å². The quantitative estimate of drug-likeness (QED) is 0.714. The summed E-state index contributed by atoms with van der Waals surface area (Å²) in [6.07, 6.45) is 2.82. The van der Waals surface area contributed by atoms with Crippen LogP contribution in [0.3, 0.4) is 0 Å². The van der Waals surface area contributed by atoms with Gasteiger partial charge >= 0.3 is 0 Å². The molecule has 100 valence electrons. The van der Waals surface area contributed by atoms with Gasteiger partial charge in [-0.1, -0.05) is 0 Å². The molecule has 1 saturated carbocycles. The summed E-state index contributed by atoms with van der Waals surface area (Å²) in [5, 5.41) is 3.29. The maximum Gasteiger partial charge on any atom is 0.214 e. The van der Waals surface area contributed by atoms with Crippen molar-refractivity contribution < 1.29 is 8.42 Å². The molecule has 0 aromatic carbocycles. The molecule has 0 radical (unpaired) electrons. The van der Waals surface area contributed by atoms with Crippen LogP contribution < -0.4 is 5.32 Å². The zero-order chi connectivity index (χ0) is 12.3. The van der Waals surface area contributed by atoms with Crippen LogP contribution in [0.1, 0.15) is 19.3 Å². The van der Waals surface area contributed by atoms with Crippen LogP contribution in [0.15, 0.2) is 0 Å². The molecule has 0 aromatic heterocycles. The Morgan fingerprint density at radius 2 is 1.94 bits per heavy atom. The summed E-state index contributed by atoms with van der Waals surface area (Å²) in [4.78, 5) is 2.34. The first-order valence-electron chi connectivity index (χ1n) is 6.48. The lowest BCUT2D eigenvalue weighted by molar-refractivity contribution is 0.241. The van der Waals surface area contributed by atoms with E-state index in [1.165, 1.54) is 0 Å². The SMILES string of the molecule is CN(C1CC1)S(=O)(=O)CCCN1CCNCC1. The molecule has 1 N–H and O–H groups in total. The molecule has 1 aliphatic heterocycles. The van der Waals surface area contributed by atoms with Gasteiger partial charge in [-0.15, -0.1) is 0 Å². The second-order valence-corrected chi connectivity index (χ2v) is 7.16. The van der Waals surface area contributed by atoms with E-state index in [2.05, 4.69) is 10.2 Å². The Morgan fingerprint density at radius 1 is 1.29 bits per heavy atom. The molecule has 0 bridgehead atoms. The minimum atomic E-state index is -3.01. The molecule has 2 rings (SSSR count). The lowest BCUT2D eigenvalue weighted by Gasteiger charge is -2.27. The van der Waals surface area contributed by atoms with Gasteiger partial charge in [0.05, 0.1) is 5.75 Å². The number of piperazine rings is 1. The van der Waals surface area contributed by atoms with Gasteiger partial charge in [-0.2, -0.15) is 0 Å². The number of hydrogen-bond acceptors (Lipinski definition) is 4. The molecular formula is C11H23N3O2S. The lowest BCUT2D eigenvalue weighted by atomic mass is 10.3. The summed E-state index contributed by atoms with van der Waals surface area (Å²) in [5.74, 6) is 0.296. The van der Waals surface area contributed by atoms with Gasteiger partial charge < -0.3 is 10.2 Å². The summed E-state index contributed by atoms with van der Waals surface area (Å²) in [5.41, 5.74) is 0. The number of nitrogens with zero attached hydrogens (tertiary/aromatic N) is 2. The summed E-state index contributed by atoms with van der Waals surface area (Å²) >= 11 is 0. The average Bonchev–Trinajstić information content (AvgIpc) is 3.13. The van der Waals surface area contributed by atoms with Gasteiger partial charge in [-0.25, -0.2) is 12.7 Å². The molecule has 2 aliphatic rings. The standard InChI is InChI=1S/C11H23N3O2S/c1-13(11-3-4-11)17(15,16)10-2-7-14-8-5-12-6-9-14/h11-12H,2-10H2,1H3. The van der Waals surface area contributed by atoms with Crippen molar-refractivity contribution in [1.29, 1.82) is 0 Å². The van der Waals surface area contributed by atoms with E-state index in [1.54, 1.807) is 11.4 Å². The van der Waals surface area contributed by atoms with Crippen molar-refractivity contribution in [3.63, 3.8) is 0 Å². The third-order valence-corrected chi connectivity index (χ3v) is 5.57. The molecule has 5 nitrogen and oxygen atoms in total. The van der Waals surface area contributed by atoms with Crippen molar-refractivity contribution in [1.82, 2.24) is 14.5 Å².